The molecule has 2 heterocycles. The van der Waals surface area contributed by atoms with Crippen molar-refractivity contribution in [1.82, 2.24) is 5.16 Å². The smallest absolute Gasteiger partial charge is 0.271 e. The molecule has 1 aliphatic heterocycles. The highest BCUT2D eigenvalue weighted by Gasteiger charge is 2.30. The number of rotatable bonds is 2. The van der Waals surface area contributed by atoms with Gasteiger partial charge in [-0.2, -0.15) is 0 Å². The van der Waals surface area contributed by atoms with Gasteiger partial charge in [0.15, 0.2) is 0 Å². The van der Waals surface area contributed by atoms with E-state index in [-0.39, 0.29) is 11.6 Å². The summed E-state index contributed by atoms with van der Waals surface area (Å²) >= 11 is 0. The van der Waals surface area contributed by atoms with Crippen molar-refractivity contribution in [2.45, 2.75) is 20.3 Å². The Hall–Kier alpha value is -2.70. The van der Waals surface area contributed by atoms with Crippen molar-refractivity contribution < 1.29 is 14.2 Å². The number of nitro benzene ring substituents is 1. The molecular weight excluding hydrogens is 274 g/mol. The van der Waals surface area contributed by atoms with Gasteiger partial charge in [-0.3, -0.25) is 14.9 Å². The summed E-state index contributed by atoms with van der Waals surface area (Å²) < 4.78 is 5.02. The lowest BCUT2D eigenvalue weighted by molar-refractivity contribution is -0.384. The van der Waals surface area contributed by atoms with Crippen molar-refractivity contribution in [2.75, 3.05) is 11.4 Å². The molecule has 0 saturated heterocycles. The zero-order valence-electron chi connectivity index (χ0n) is 11.6. The number of nitro groups is 1. The average molecular weight is 287 g/mol. The van der Waals surface area contributed by atoms with E-state index in [0.29, 0.717) is 35.7 Å². The van der Waals surface area contributed by atoms with Crippen molar-refractivity contribution in [3.05, 3.63) is 50.9 Å². The van der Waals surface area contributed by atoms with Crippen molar-refractivity contribution in [3.63, 3.8) is 0 Å². The molecule has 0 saturated carbocycles. The first-order chi connectivity index (χ1) is 9.99. The van der Waals surface area contributed by atoms with Gasteiger partial charge >= 0.3 is 0 Å². The topological polar surface area (TPSA) is 89.5 Å². The lowest BCUT2D eigenvalue weighted by atomic mass is 10.1. The first-order valence-corrected chi connectivity index (χ1v) is 6.51. The number of anilines is 1. The van der Waals surface area contributed by atoms with Gasteiger partial charge < -0.3 is 9.42 Å². The van der Waals surface area contributed by atoms with Gasteiger partial charge in [0.1, 0.15) is 11.3 Å². The van der Waals surface area contributed by atoms with Crippen LogP contribution in [0.4, 0.5) is 11.4 Å². The monoisotopic (exact) mass is 287 g/mol. The predicted octanol–water partition coefficient (Wildman–Crippen LogP) is 2.40. The zero-order chi connectivity index (χ0) is 15.1. The molecule has 1 aromatic heterocycles. The summed E-state index contributed by atoms with van der Waals surface area (Å²) in [6, 6.07) is 4.61. The van der Waals surface area contributed by atoms with Gasteiger partial charge in [0, 0.05) is 18.7 Å². The highest BCUT2D eigenvalue weighted by atomic mass is 16.6. The molecule has 0 fully saturated rings. The Balaban J connectivity index is 2.02. The number of hydrogen-bond donors (Lipinski definition) is 0. The van der Waals surface area contributed by atoms with Crippen LogP contribution in [0.25, 0.3) is 0 Å². The van der Waals surface area contributed by atoms with E-state index < -0.39 is 4.92 Å². The van der Waals surface area contributed by atoms with Crippen molar-refractivity contribution in [2.24, 2.45) is 0 Å². The third kappa shape index (κ3) is 2.06. The summed E-state index contributed by atoms with van der Waals surface area (Å²) in [7, 11) is 0. The molecule has 0 N–H and O–H groups in total. The fourth-order valence-corrected chi connectivity index (χ4v) is 2.62. The number of carbonyl (C=O) groups excluding carboxylic acids is 1. The molecule has 7 heteroatoms. The van der Waals surface area contributed by atoms with E-state index in [2.05, 4.69) is 5.16 Å². The maximum Gasteiger partial charge on any atom is 0.271 e. The van der Waals surface area contributed by atoms with Crippen molar-refractivity contribution in [3.8, 4) is 0 Å². The lowest BCUT2D eigenvalue weighted by Crippen LogP contribution is -2.29. The van der Waals surface area contributed by atoms with Gasteiger partial charge in [0.25, 0.3) is 11.6 Å². The Morgan fingerprint density at radius 3 is 2.81 bits per heavy atom. The molecule has 0 unspecified atom stereocenters. The Morgan fingerprint density at radius 1 is 1.43 bits per heavy atom. The molecular formula is C14H13N3O4. The van der Waals surface area contributed by atoms with E-state index >= 15 is 0 Å². The summed E-state index contributed by atoms with van der Waals surface area (Å²) in [5.41, 5.74) is 2.45. The second kappa shape index (κ2) is 4.69. The summed E-state index contributed by atoms with van der Waals surface area (Å²) in [6.45, 7) is 3.88. The third-order valence-electron chi connectivity index (χ3n) is 3.67. The molecule has 0 spiro atoms. The highest BCUT2D eigenvalue weighted by Crippen LogP contribution is 2.33. The molecule has 3 rings (SSSR count). The normalized spacial score (nSPS) is 13.3. The van der Waals surface area contributed by atoms with Gasteiger partial charge in [0.05, 0.1) is 16.3 Å². The minimum absolute atomic E-state index is 0.0211. The van der Waals surface area contributed by atoms with Crippen LogP contribution in [0.1, 0.15) is 27.4 Å². The second-order valence-corrected chi connectivity index (χ2v) is 4.98. The largest absolute Gasteiger partial charge is 0.361 e. The number of fused-ring (bicyclic) bond motifs is 1. The van der Waals surface area contributed by atoms with E-state index in [1.165, 1.54) is 12.1 Å². The fraction of sp³-hybridized carbons (Fsp3) is 0.286. The van der Waals surface area contributed by atoms with E-state index in [9.17, 15) is 14.9 Å². The first-order valence-electron chi connectivity index (χ1n) is 6.51. The molecule has 0 radical (unpaired) electrons. The molecule has 0 bridgehead atoms. The Bertz CT molecular complexity index is 731. The van der Waals surface area contributed by atoms with Crippen LogP contribution < -0.4 is 4.90 Å². The van der Waals surface area contributed by atoms with Crippen LogP contribution in [0.5, 0.6) is 0 Å². The Kier molecular flexibility index (Phi) is 2.97. The minimum Gasteiger partial charge on any atom is -0.361 e. The zero-order valence-corrected chi connectivity index (χ0v) is 11.6. The highest BCUT2D eigenvalue weighted by molar-refractivity contribution is 6.08. The molecule has 108 valence electrons. The lowest BCUT2D eigenvalue weighted by Gasteiger charge is -2.16. The number of nitrogens with zero attached hydrogens (tertiary/aromatic N) is 3. The number of non-ortho nitro benzene ring substituents is 1. The number of aromatic nitrogens is 1. The average Bonchev–Trinajstić information content (AvgIpc) is 3.01. The van der Waals surface area contributed by atoms with Gasteiger partial charge in [-0.1, -0.05) is 11.2 Å². The number of hydrogen-bond acceptors (Lipinski definition) is 5. The summed E-state index contributed by atoms with van der Waals surface area (Å²) in [5, 5.41) is 14.7. The van der Waals surface area contributed by atoms with Crippen LogP contribution in [0, 0.1) is 24.0 Å². The Morgan fingerprint density at radius 2 is 2.19 bits per heavy atom. The molecule has 1 aromatic carbocycles. The fourth-order valence-electron chi connectivity index (χ4n) is 2.62. The SMILES string of the molecule is Cc1noc(C)c1C(=O)N1CCc2ccc([N+](=O)[O-])cc21. The van der Waals surface area contributed by atoms with E-state index in [4.69, 9.17) is 4.52 Å². The summed E-state index contributed by atoms with van der Waals surface area (Å²) in [5.74, 6) is 0.224. The van der Waals surface area contributed by atoms with Gasteiger partial charge in [-0.05, 0) is 25.8 Å². The van der Waals surface area contributed by atoms with Gasteiger partial charge in [-0.15, -0.1) is 0 Å². The standard InChI is InChI=1S/C14H13N3O4/c1-8-13(9(2)21-15-8)14(18)16-6-5-10-3-4-11(17(19)20)7-12(10)16/h3-4,7H,5-6H2,1-2H3. The predicted molar refractivity (Wildman–Crippen MR) is 74.5 cm³/mol. The quantitative estimate of drug-likeness (QED) is 0.625. The molecule has 0 atom stereocenters. The molecule has 0 aliphatic carbocycles. The van der Waals surface area contributed by atoms with Crippen LogP contribution >= 0.6 is 0 Å². The van der Waals surface area contributed by atoms with Crippen LogP contribution in [-0.2, 0) is 6.42 Å². The van der Waals surface area contributed by atoms with E-state index in [0.717, 1.165) is 5.56 Å². The summed E-state index contributed by atoms with van der Waals surface area (Å²) in [4.78, 5) is 24.6. The first kappa shape index (κ1) is 13.3. The third-order valence-corrected chi connectivity index (χ3v) is 3.67. The number of carbonyl (C=O) groups is 1. The Labute approximate surface area is 120 Å². The maximum absolute atomic E-state index is 12.6. The van der Waals surface area contributed by atoms with Crippen LogP contribution in [0.15, 0.2) is 22.7 Å². The second-order valence-electron chi connectivity index (χ2n) is 4.98. The van der Waals surface area contributed by atoms with Gasteiger partial charge in [0.2, 0.25) is 0 Å². The molecule has 1 amide bonds. The van der Waals surface area contributed by atoms with Gasteiger partial charge in [-0.25, -0.2) is 0 Å². The molecule has 1 aliphatic rings. The van der Waals surface area contributed by atoms with Crippen LogP contribution in [0.3, 0.4) is 0 Å². The van der Waals surface area contributed by atoms with Crippen molar-refractivity contribution >= 4 is 17.3 Å². The van der Waals surface area contributed by atoms with Crippen molar-refractivity contribution in [1.29, 1.82) is 0 Å². The minimum atomic E-state index is -0.461. The molecule has 21 heavy (non-hydrogen) atoms. The van der Waals surface area contributed by atoms with Crippen LogP contribution in [0.2, 0.25) is 0 Å². The number of amides is 1. The van der Waals surface area contributed by atoms with E-state index in [1.54, 1.807) is 24.8 Å². The molecule has 2 aromatic rings. The summed E-state index contributed by atoms with van der Waals surface area (Å²) in [6.07, 6.45) is 0.683. The molecule has 7 nitrogen and oxygen atoms in total. The number of aryl methyl sites for hydroxylation is 2. The van der Waals surface area contributed by atoms with Crippen LogP contribution in [-0.4, -0.2) is 22.5 Å². The number of benzene rings is 1. The maximum atomic E-state index is 12.6. The van der Waals surface area contributed by atoms with E-state index in [1.807, 2.05) is 0 Å².